The molecule has 1 saturated heterocycles. The van der Waals surface area contributed by atoms with Crippen LogP contribution in [-0.4, -0.2) is 41.0 Å². The molecule has 2 aliphatic rings. The molecule has 1 aliphatic heterocycles. The summed E-state index contributed by atoms with van der Waals surface area (Å²) in [5.41, 5.74) is 7.67. The largest absolute Gasteiger partial charge is 0.360 e. The second kappa shape index (κ2) is 7.63. The van der Waals surface area contributed by atoms with Gasteiger partial charge in [-0.15, -0.1) is 0 Å². The molecule has 7 heteroatoms. The fraction of sp³-hybridized carbons (Fsp3) is 0.500. The van der Waals surface area contributed by atoms with Gasteiger partial charge in [0.2, 0.25) is 0 Å². The van der Waals surface area contributed by atoms with Crippen molar-refractivity contribution < 1.29 is 14.1 Å². The van der Waals surface area contributed by atoms with Gasteiger partial charge in [0, 0.05) is 42.2 Å². The van der Waals surface area contributed by atoms with Gasteiger partial charge in [0.05, 0.1) is 0 Å². The summed E-state index contributed by atoms with van der Waals surface area (Å²) in [5, 5.41) is 6.91. The first-order valence-corrected chi connectivity index (χ1v) is 10.3. The lowest BCUT2D eigenvalue weighted by Crippen LogP contribution is -2.46. The van der Waals surface area contributed by atoms with Crippen molar-refractivity contribution in [2.75, 3.05) is 13.1 Å². The Morgan fingerprint density at radius 1 is 1.14 bits per heavy atom. The molecule has 0 atom stereocenters. The van der Waals surface area contributed by atoms with Gasteiger partial charge in [-0.2, -0.15) is 0 Å². The van der Waals surface area contributed by atoms with Crippen LogP contribution in [0.15, 0.2) is 34.9 Å². The first kappa shape index (κ1) is 19.6. The third kappa shape index (κ3) is 4.50. The van der Waals surface area contributed by atoms with Crippen molar-refractivity contribution in [1.29, 1.82) is 0 Å². The summed E-state index contributed by atoms with van der Waals surface area (Å²) >= 11 is 0. The molecular formula is C22H28N4O3. The van der Waals surface area contributed by atoms with Crippen LogP contribution in [-0.2, 0) is 5.54 Å². The van der Waals surface area contributed by atoms with E-state index in [2.05, 4.69) is 10.5 Å². The molecule has 2 aromatic rings. The number of carbonyl (C=O) groups excluding carboxylic acids is 2. The Labute approximate surface area is 170 Å². The number of aromatic nitrogens is 1. The maximum absolute atomic E-state index is 12.8. The van der Waals surface area contributed by atoms with Crippen LogP contribution in [0.4, 0.5) is 0 Å². The molecule has 2 amide bonds. The number of piperidine rings is 1. The van der Waals surface area contributed by atoms with E-state index in [9.17, 15) is 9.59 Å². The minimum absolute atomic E-state index is 0.0155. The van der Waals surface area contributed by atoms with E-state index in [1.54, 1.807) is 6.07 Å². The number of rotatable bonds is 5. The average molecular weight is 396 g/mol. The molecule has 2 fully saturated rings. The molecule has 3 N–H and O–H groups in total. The number of likely N-dealkylation sites (tertiary alicyclic amines) is 1. The highest BCUT2D eigenvalue weighted by atomic mass is 16.5. The zero-order valence-electron chi connectivity index (χ0n) is 17.0. The molecule has 0 bridgehead atoms. The normalized spacial score (nSPS) is 18.0. The number of nitrogens with zero attached hydrogens (tertiary/aromatic N) is 2. The van der Waals surface area contributed by atoms with E-state index in [0.29, 0.717) is 30.3 Å². The summed E-state index contributed by atoms with van der Waals surface area (Å²) in [4.78, 5) is 27.0. The molecule has 0 spiro atoms. The fourth-order valence-electron chi connectivity index (χ4n) is 3.67. The van der Waals surface area contributed by atoms with E-state index in [4.69, 9.17) is 10.3 Å². The van der Waals surface area contributed by atoms with Crippen molar-refractivity contribution in [2.45, 2.75) is 57.0 Å². The standard InChI is InChI=1S/C22H28N4O3/c1-22(2,23)16-7-5-15(6-8-16)21(28)26-11-9-17(10-12-26)24-20(27)18-13-19(29-25-18)14-3-4-14/h5-8,13-14,17H,3-4,9-12,23H2,1-2H3,(H,24,27). The summed E-state index contributed by atoms with van der Waals surface area (Å²) in [6.45, 7) is 5.10. The first-order valence-electron chi connectivity index (χ1n) is 10.3. The zero-order valence-corrected chi connectivity index (χ0v) is 17.0. The summed E-state index contributed by atoms with van der Waals surface area (Å²) in [6, 6.07) is 9.28. The zero-order chi connectivity index (χ0) is 20.6. The lowest BCUT2D eigenvalue weighted by molar-refractivity contribution is 0.0697. The Hall–Kier alpha value is -2.67. The molecule has 7 nitrogen and oxygen atoms in total. The van der Waals surface area contributed by atoms with E-state index >= 15 is 0 Å². The topological polar surface area (TPSA) is 101 Å². The average Bonchev–Trinajstić information content (AvgIpc) is 3.44. The van der Waals surface area contributed by atoms with E-state index < -0.39 is 5.54 Å². The number of benzene rings is 1. The maximum Gasteiger partial charge on any atom is 0.273 e. The first-order chi connectivity index (χ1) is 13.8. The highest BCUT2D eigenvalue weighted by Crippen LogP contribution is 2.40. The summed E-state index contributed by atoms with van der Waals surface area (Å²) in [5.74, 6) is 1.05. The van der Waals surface area contributed by atoms with Crippen LogP contribution in [0.25, 0.3) is 0 Å². The number of nitrogens with two attached hydrogens (primary N) is 1. The Morgan fingerprint density at radius 2 is 1.79 bits per heavy atom. The summed E-state index contributed by atoms with van der Waals surface area (Å²) in [6.07, 6.45) is 3.66. The van der Waals surface area contributed by atoms with Crippen molar-refractivity contribution >= 4 is 11.8 Å². The third-order valence-corrected chi connectivity index (χ3v) is 5.73. The van der Waals surface area contributed by atoms with E-state index in [-0.39, 0.29) is 17.9 Å². The lowest BCUT2D eigenvalue weighted by Gasteiger charge is -2.32. The Morgan fingerprint density at radius 3 is 2.38 bits per heavy atom. The van der Waals surface area contributed by atoms with Gasteiger partial charge >= 0.3 is 0 Å². The number of amides is 2. The molecule has 29 heavy (non-hydrogen) atoms. The smallest absolute Gasteiger partial charge is 0.273 e. The number of nitrogens with one attached hydrogen (secondary N) is 1. The van der Waals surface area contributed by atoms with Gasteiger partial charge in [-0.25, -0.2) is 0 Å². The van der Waals surface area contributed by atoms with Crippen LogP contribution < -0.4 is 11.1 Å². The van der Waals surface area contributed by atoms with Crippen molar-refractivity contribution in [3.05, 3.63) is 52.9 Å². The van der Waals surface area contributed by atoms with Crippen LogP contribution >= 0.6 is 0 Å². The van der Waals surface area contributed by atoms with Crippen LogP contribution in [0.1, 0.15) is 77.6 Å². The Balaban J connectivity index is 1.29. The molecule has 154 valence electrons. The second-order valence-corrected chi connectivity index (χ2v) is 8.73. The van der Waals surface area contributed by atoms with Crippen LogP contribution in [0, 0.1) is 0 Å². The molecule has 1 aliphatic carbocycles. The fourth-order valence-corrected chi connectivity index (χ4v) is 3.67. The van der Waals surface area contributed by atoms with Crippen LogP contribution in [0.3, 0.4) is 0 Å². The van der Waals surface area contributed by atoms with Crippen molar-refractivity contribution in [3.8, 4) is 0 Å². The predicted molar refractivity (Wildman–Crippen MR) is 109 cm³/mol. The van der Waals surface area contributed by atoms with E-state index in [1.165, 1.54) is 0 Å². The molecule has 0 unspecified atom stereocenters. The van der Waals surface area contributed by atoms with Gasteiger partial charge in [-0.05, 0) is 57.2 Å². The molecule has 1 aromatic heterocycles. The molecule has 2 heterocycles. The van der Waals surface area contributed by atoms with Crippen LogP contribution in [0.2, 0.25) is 0 Å². The van der Waals surface area contributed by atoms with Gasteiger partial charge in [0.25, 0.3) is 11.8 Å². The number of carbonyl (C=O) groups is 2. The molecule has 4 rings (SSSR count). The summed E-state index contributed by atoms with van der Waals surface area (Å²) < 4.78 is 5.25. The van der Waals surface area contributed by atoms with E-state index in [1.807, 2.05) is 43.0 Å². The van der Waals surface area contributed by atoms with E-state index in [0.717, 1.165) is 37.0 Å². The number of hydrogen-bond donors (Lipinski definition) is 2. The third-order valence-electron chi connectivity index (χ3n) is 5.73. The molecule has 1 aromatic carbocycles. The van der Waals surface area contributed by atoms with Crippen LogP contribution in [0.5, 0.6) is 0 Å². The van der Waals surface area contributed by atoms with Gasteiger partial charge < -0.3 is 20.5 Å². The van der Waals surface area contributed by atoms with Gasteiger partial charge in [0.15, 0.2) is 5.69 Å². The molecule has 1 saturated carbocycles. The highest BCUT2D eigenvalue weighted by Gasteiger charge is 2.30. The number of hydrogen-bond acceptors (Lipinski definition) is 5. The molecule has 0 radical (unpaired) electrons. The van der Waals surface area contributed by atoms with Crippen molar-refractivity contribution in [1.82, 2.24) is 15.4 Å². The van der Waals surface area contributed by atoms with Gasteiger partial charge in [-0.1, -0.05) is 17.3 Å². The van der Waals surface area contributed by atoms with Gasteiger partial charge in [0.1, 0.15) is 5.76 Å². The van der Waals surface area contributed by atoms with Crippen molar-refractivity contribution in [2.24, 2.45) is 5.73 Å². The second-order valence-electron chi connectivity index (χ2n) is 8.73. The highest BCUT2D eigenvalue weighted by molar-refractivity contribution is 5.94. The Kier molecular flexibility index (Phi) is 5.17. The predicted octanol–water partition coefficient (Wildman–Crippen LogP) is 2.78. The van der Waals surface area contributed by atoms with Crippen molar-refractivity contribution in [3.63, 3.8) is 0 Å². The summed E-state index contributed by atoms with van der Waals surface area (Å²) in [7, 11) is 0. The lowest BCUT2D eigenvalue weighted by atomic mass is 9.94. The maximum atomic E-state index is 12.8. The monoisotopic (exact) mass is 396 g/mol. The van der Waals surface area contributed by atoms with Gasteiger partial charge in [-0.3, -0.25) is 9.59 Å². The minimum Gasteiger partial charge on any atom is -0.360 e. The SMILES string of the molecule is CC(C)(N)c1ccc(C(=O)N2CCC(NC(=O)c3cc(C4CC4)on3)CC2)cc1. The quantitative estimate of drug-likeness (QED) is 0.809. The Bertz CT molecular complexity index is 886. The minimum atomic E-state index is -0.429. The molecular weight excluding hydrogens is 368 g/mol.